The van der Waals surface area contributed by atoms with E-state index in [0.717, 1.165) is 0 Å². The van der Waals surface area contributed by atoms with Gasteiger partial charge in [0.1, 0.15) is 0 Å². The second-order valence-corrected chi connectivity index (χ2v) is 7.10. The Balaban J connectivity index is 3.05. The quantitative estimate of drug-likeness (QED) is 0.665. The maximum Gasteiger partial charge on any atom is 0.261 e. The predicted octanol–water partition coefficient (Wildman–Crippen LogP) is 2.80. The van der Waals surface area contributed by atoms with Gasteiger partial charge in [0.15, 0.2) is 0 Å². The molecular formula is C13H13Cl2NO3S. The van der Waals surface area contributed by atoms with Crippen LogP contribution in [0.25, 0.3) is 0 Å². The normalized spacial score (nSPS) is 12.5. The van der Waals surface area contributed by atoms with Crippen molar-refractivity contribution in [2.45, 2.75) is 30.7 Å². The molecule has 0 aromatic heterocycles. The molecule has 1 atom stereocenters. The minimum atomic E-state index is -3.95. The molecule has 1 unspecified atom stereocenters. The summed E-state index contributed by atoms with van der Waals surface area (Å²) in [7, 11) is 1.30. The van der Waals surface area contributed by atoms with Crippen molar-refractivity contribution in [3.8, 4) is 12.3 Å². The van der Waals surface area contributed by atoms with Crippen LogP contribution in [0.2, 0.25) is 5.02 Å². The highest BCUT2D eigenvalue weighted by Gasteiger charge is 2.17. The Morgan fingerprint density at radius 1 is 1.45 bits per heavy atom. The lowest BCUT2D eigenvalue weighted by Gasteiger charge is -2.14. The van der Waals surface area contributed by atoms with E-state index in [2.05, 4.69) is 11.2 Å². The molecular weight excluding hydrogens is 321 g/mol. The lowest BCUT2D eigenvalue weighted by atomic mass is 10.1. The van der Waals surface area contributed by atoms with Crippen LogP contribution in [0.1, 0.15) is 30.1 Å². The van der Waals surface area contributed by atoms with Crippen LogP contribution < -0.4 is 5.32 Å². The van der Waals surface area contributed by atoms with Gasteiger partial charge in [-0.15, -0.1) is 12.3 Å². The Labute approximate surface area is 127 Å². The molecule has 0 aliphatic carbocycles. The van der Waals surface area contributed by atoms with Gasteiger partial charge in [0.2, 0.25) is 0 Å². The van der Waals surface area contributed by atoms with Crippen LogP contribution in [0.15, 0.2) is 23.1 Å². The van der Waals surface area contributed by atoms with Crippen molar-refractivity contribution in [1.82, 2.24) is 5.32 Å². The first kappa shape index (κ1) is 16.8. The summed E-state index contributed by atoms with van der Waals surface area (Å²) in [4.78, 5) is 11.8. The van der Waals surface area contributed by atoms with E-state index in [4.69, 9.17) is 28.7 Å². The fourth-order valence-electron chi connectivity index (χ4n) is 1.54. The first-order chi connectivity index (χ1) is 9.27. The van der Waals surface area contributed by atoms with Crippen LogP contribution in [0, 0.1) is 12.3 Å². The van der Waals surface area contributed by atoms with E-state index in [1.165, 1.54) is 18.2 Å². The van der Waals surface area contributed by atoms with Gasteiger partial charge >= 0.3 is 0 Å². The maximum absolute atomic E-state index is 12.0. The van der Waals surface area contributed by atoms with Crippen molar-refractivity contribution in [3.05, 3.63) is 28.8 Å². The number of nitrogens with one attached hydrogen (secondary N) is 1. The molecule has 0 saturated heterocycles. The zero-order chi connectivity index (χ0) is 15.3. The SMILES string of the molecule is C#CCC(CC)NC(=O)c1cc(Cl)cc(S(=O)(=O)Cl)c1. The molecule has 1 amide bonds. The van der Waals surface area contributed by atoms with Crippen molar-refractivity contribution in [1.29, 1.82) is 0 Å². The monoisotopic (exact) mass is 333 g/mol. The van der Waals surface area contributed by atoms with Gasteiger partial charge < -0.3 is 5.32 Å². The highest BCUT2D eigenvalue weighted by Crippen LogP contribution is 2.22. The van der Waals surface area contributed by atoms with E-state index in [1.54, 1.807) is 0 Å². The molecule has 1 N–H and O–H groups in total. The lowest BCUT2D eigenvalue weighted by Crippen LogP contribution is -2.34. The average Bonchev–Trinajstić information content (AvgIpc) is 2.36. The van der Waals surface area contributed by atoms with Gasteiger partial charge in [0.05, 0.1) is 4.90 Å². The summed E-state index contributed by atoms with van der Waals surface area (Å²) in [5.74, 6) is 2.02. The molecule has 4 nitrogen and oxygen atoms in total. The van der Waals surface area contributed by atoms with Crippen LogP contribution in [-0.4, -0.2) is 20.4 Å². The molecule has 108 valence electrons. The smallest absolute Gasteiger partial charge is 0.261 e. The summed E-state index contributed by atoms with van der Waals surface area (Å²) in [6.45, 7) is 1.88. The van der Waals surface area contributed by atoms with Crippen LogP contribution >= 0.6 is 22.3 Å². The molecule has 1 aromatic carbocycles. The van der Waals surface area contributed by atoms with Crippen molar-refractivity contribution in [3.63, 3.8) is 0 Å². The predicted molar refractivity (Wildman–Crippen MR) is 79.5 cm³/mol. The third kappa shape index (κ3) is 4.71. The molecule has 0 radical (unpaired) electrons. The molecule has 7 heteroatoms. The summed E-state index contributed by atoms with van der Waals surface area (Å²) < 4.78 is 22.6. The fourth-order valence-corrected chi connectivity index (χ4v) is 2.65. The van der Waals surface area contributed by atoms with Crippen molar-refractivity contribution >= 4 is 37.2 Å². The van der Waals surface area contributed by atoms with Gasteiger partial charge in [-0.3, -0.25) is 4.79 Å². The average molecular weight is 334 g/mol. The number of terminal acetylenes is 1. The Hall–Kier alpha value is -1.22. The molecule has 0 saturated carbocycles. The number of rotatable bonds is 5. The summed E-state index contributed by atoms with van der Waals surface area (Å²) in [6, 6.07) is 3.54. The van der Waals surface area contributed by atoms with E-state index >= 15 is 0 Å². The molecule has 0 aliphatic heterocycles. The minimum Gasteiger partial charge on any atom is -0.348 e. The second kappa shape index (κ2) is 6.98. The van der Waals surface area contributed by atoms with Gasteiger partial charge in [-0.2, -0.15) is 0 Å². The Bertz CT molecular complexity index is 650. The van der Waals surface area contributed by atoms with E-state index < -0.39 is 15.0 Å². The standard InChI is InChI=1S/C13H13Cl2NO3S/c1-3-5-11(4-2)16-13(17)9-6-10(14)8-12(7-9)20(15,18)19/h1,6-8,11H,4-5H2,2H3,(H,16,17). The number of carbonyl (C=O) groups excluding carboxylic acids is 1. The van der Waals surface area contributed by atoms with Crippen molar-refractivity contribution < 1.29 is 13.2 Å². The first-order valence-corrected chi connectivity index (χ1v) is 8.46. The summed E-state index contributed by atoms with van der Waals surface area (Å²) in [5, 5.41) is 2.82. The zero-order valence-corrected chi connectivity index (χ0v) is 13.0. The zero-order valence-electron chi connectivity index (χ0n) is 10.7. The highest BCUT2D eigenvalue weighted by molar-refractivity contribution is 8.13. The largest absolute Gasteiger partial charge is 0.348 e. The van der Waals surface area contributed by atoms with E-state index in [-0.39, 0.29) is 21.5 Å². The molecule has 0 spiro atoms. The molecule has 0 heterocycles. The van der Waals surface area contributed by atoms with Gasteiger partial charge in [0, 0.05) is 33.7 Å². The van der Waals surface area contributed by atoms with Crippen LogP contribution in [0.3, 0.4) is 0 Å². The van der Waals surface area contributed by atoms with Crippen LogP contribution in [0.5, 0.6) is 0 Å². The molecule has 20 heavy (non-hydrogen) atoms. The summed E-state index contributed by atoms with van der Waals surface area (Å²) in [6.07, 6.45) is 6.26. The number of carbonyl (C=O) groups is 1. The maximum atomic E-state index is 12.0. The van der Waals surface area contributed by atoms with Gasteiger partial charge in [0.25, 0.3) is 15.0 Å². The number of benzene rings is 1. The van der Waals surface area contributed by atoms with E-state index in [1.807, 2.05) is 6.92 Å². The number of hydrogen-bond donors (Lipinski definition) is 1. The molecule has 0 bridgehead atoms. The van der Waals surface area contributed by atoms with Gasteiger partial charge in [-0.05, 0) is 24.6 Å². The summed E-state index contributed by atoms with van der Waals surface area (Å²) >= 11 is 5.80. The summed E-state index contributed by atoms with van der Waals surface area (Å²) in [5.41, 5.74) is 0.118. The fraction of sp³-hybridized carbons (Fsp3) is 0.308. The third-order valence-electron chi connectivity index (χ3n) is 2.61. The first-order valence-electron chi connectivity index (χ1n) is 5.77. The molecule has 1 aromatic rings. The Kier molecular flexibility index (Phi) is 5.88. The molecule has 0 aliphatic rings. The van der Waals surface area contributed by atoms with E-state index in [9.17, 15) is 13.2 Å². The van der Waals surface area contributed by atoms with Gasteiger partial charge in [-0.1, -0.05) is 18.5 Å². The highest BCUT2D eigenvalue weighted by atomic mass is 35.7. The number of halogens is 2. The van der Waals surface area contributed by atoms with Crippen LogP contribution in [0.4, 0.5) is 0 Å². The minimum absolute atomic E-state index is 0.113. The van der Waals surface area contributed by atoms with Crippen molar-refractivity contribution in [2.24, 2.45) is 0 Å². The van der Waals surface area contributed by atoms with Gasteiger partial charge in [-0.25, -0.2) is 8.42 Å². The second-order valence-electron chi connectivity index (χ2n) is 4.10. The lowest BCUT2D eigenvalue weighted by molar-refractivity contribution is 0.0936. The number of amides is 1. The Morgan fingerprint density at radius 3 is 2.60 bits per heavy atom. The third-order valence-corrected chi connectivity index (χ3v) is 4.16. The van der Waals surface area contributed by atoms with Crippen LogP contribution in [-0.2, 0) is 9.05 Å². The molecule has 0 fully saturated rings. The van der Waals surface area contributed by atoms with E-state index in [0.29, 0.717) is 12.8 Å². The Morgan fingerprint density at radius 2 is 2.10 bits per heavy atom. The van der Waals surface area contributed by atoms with Crippen molar-refractivity contribution in [2.75, 3.05) is 0 Å². The molecule has 1 rings (SSSR count). The topological polar surface area (TPSA) is 63.2 Å². The number of hydrogen-bond acceptors (Lipinski definition) is 3.